The van der Waals surface area contributed by atoms with Gasteiger partial charge >= 0.3 is 0 Å². The van der Waals surface area contributed by atoms with Gasteiger partial charge in [0, 0.05) is 18.7 Å². The van der Waals surface area contributed by atoms with Crippen molar-refractivity contribution in [1.82, 2.24) is 14.8 Å². The minimum Gasteiger partial charge on any atom is -0.306 e. The molecule has 1 aromatic carbocycles. The van der Waals surface area contributed by atoms with Crippen LogP contribution in [0.25, 0.3) is 0 Å². The molecule has 1 aromatic heterocycles. The lowest BCUT2D eigenvalue weighted by Crippen LogP contribution is -2.02. The van der Waals surface area contributed by atoms with Crippen LogP contribution in [-0.2, 0) is 18.7 Å². The van der Waals surface area contributed by atoms with Crippen LogP contribution in [0.15, 0.2) is 23.4 Å². The highest BCUT2D eigenvalue weighted by Gasteiger charge is 2.15. The molecule has 0 bridgehead atoms. The minimum absolute atomic E-state index is 0.315. The molecule has 1 aliphatic heterocycles. The molecule has 0 fully saturated rings. The number of rotatable bonds is 3. The number of thioether (sulfide) groups is 1. The SMILES string of the molecule is N#Cc1ccc(F)cc1CSc1nnc2n1CCCCC2. The van der Waals surface area contributed by atoms with Gasteiger partial charge < -0.3 is 4.57 Å². The molecule has 0 atom stereocenters. The van der Waals surface area contributed by atoms with Crippen LogP contribution in [0.5, 0.6) is 0 Å². The van der Waals surface area contributed by atoms with Gasteiger partial charge in [-0.3, -0.25) is 0 Å². The Bertz CT molecular complexity index is 689. The Kier molecular flexibility index (Phi) is 4.20. The van der Waals surface area contributed by atoms with E-state index in [0.717, 1.165) is 36.8 Å². The third-order valence-electron chi connectivity index (χ3n) is 3.62. The highest BCUT2D eigenvalue weighted by atomic mass is 32.2. The van der Waals surface area contributed by atoms with Crippen molar-refractivity contribution in [2.24, 2.45) is 0 Å². The van der Waals surface area contributed by atoms with E-state index >= 15 is 0 Å². The Labute approximate surface area is 127 Å². The average Bonchev–Trinajstić information content (AvgIpc) is 2.72. The summed E-state index contributed by atoms with van der Waals surface area (Å²) < 4.78 is 15.5. The van der Waals surface area contributed by atoms with Crippen LogP contribution in [0.2, 0.25) is 0 Å². The normalized spacial score (nSPS) is 14.3. The van der Waals surface area contributed by atoms with Crippen LogP contribution in [-0.4, -0.2) is 14.8 Å². The third kappa shape index (κ3) is 3.08. The van der Waals surface area contributed by atoms with Gasteiger partial charge in [-0.2, -0.15) is 5.26 Å². The number of halogens is 1. The number of hydrogen-bond donors (Lipinski definition) is 0. The molecule has 0 amide bonds. The van der Waals surface area contributed by atoms with Gasteiger partial charge in [0.25, 0.3) is 0 Å². The summed E-state index contributed by atoms with van der Waals surface area (Å²) in [6.45, 7) is 0.943. The Morgan fingerprint density at radius 1 is 1.29 bits per heavy atom. The van der Waals surface area contributed by atoms with Crippen LogP contribution in [0.1, 0.15) is 36.2 Å². The first-order chi connectivity index (χ1) is 10.3. The summed E-state index contributed by atoms with van der Waals surface area (Å²) in [6, 6.07) is 6.36. The number of aromatic nitrogens is 3. The predicted molar refractivity (Wildman–Crippen MR) is 78.3 cm³/mol. The second-order valence-electron chi connectivity index (χ2n) is 5.06. The Morgan fingerprint density at radius 3 is 3.05 bits per heavy atom. The minimum atomic E-state index is -0.315. The van der Waals surface area contributed by atoms with Crippen LogP contribution in [0, 0.1) is 17.1 Å². The molecule has 2 aromatic rings. The van der Waals surface area contributed by atoms with Crippen molar-refractivity contribution in [2.45, 2.75) is 43.1 Å². The van der Waals surface area contributed by atoms with E-state index in [0.29, 0.717) is 16.9 Å². The van der Waals surface area contributed by atoms with Crippen molar-refractivity contribution in [1.29, 1.82) is 5.26 Å². The van der Waals surface area contributed by atoms with Gasteiger partial charge in [-0.1, -0.05) is 18.2 Å². The summed E-state index contributed by atoms with van der Waals surface area (Å²) in [5.41, 5.74) is 1.22. The van der Waals surface area contributed by atoms with Gasteiger partial charge in [-0.25, -0.2) is 4.39 Å². The molecule has 0 saturated carbocycles. The van der Waals surface area contributed by atoms with Gasteiger partial charge in [-0.15, -0.1) is 10.2 Å². The first-order valence-electron chi connectivity index (χ1n) is 7.01. The molecule has 0 saturated heterocycles. The molecule has 0 radical (unpaired) electrons. The molecule has 108 valence electrons. The van der Waals surface area contributed by atoms with E-state index in [1.165, 1.54) is 36.4 Å². The zero-order valence-corrected chi connectivity index (χ0v) is 12.4. The molecule has 4 nitrogen and oxygen atoms in total. The maximum absolute atomic E-state index is 13.3. The van der Waals surface area contributed by atoms with Crippen LogP contribution in [0.3, 0.4) is 0 Å². The number of nitriles is 1. The van der Waals surface area contributed by atoms with E-state index in [1.54, 1.807) is 0 Å². The molecule has 0 aliphatic carbocycles. The molecule has 1 aliphatic rings. The summed E-state index contributed by atoms with van der Waals surface area (Å²) in [6.07, 6.45) is 4.49. The molecule has 0 N–H and O–H groups in total. The summed E-state index contributed by atoms with van der Waals surface area (Å²) in [5.74, 6) is 1.25. The van der Waals surface area contributed by atoms with Crippen molar-refractivity contribution in [3.63, 3.8) is 0 Å². The fraction of sp³-hybridized carbons (Fsp3) is 0.400. The van der Waals surface area contributed by atoms with Gasteiger partial charge in [0.2, 0.25) is 0 Å². The summed E-state index contributed by atoms with van der Waals surface area (Å²) >= 11 is 1.51. The average molecular weight is 302 g/mol. The van der Waals surface area contributed by atoms with Crippen molar-refractivity contribution in [2.75, 3.05) is 0 Å². The number of benzene rings is 1. The molecule has 2 heterocycles. The molecule has 0 spiro atoms. The van der Waals surface area contributed by atoms with Crippen molar-refractivity contribution in [3.05, 3.63) is 41.0 Å². The highest BCUT2D eigenvalue weighted by molar-refractivity contribution is 7.98. The van der Waals surface area contributed by atoms with E-state index in [2.05, 4.69) is 20.8 Å². The van der Waals surface area contributed by atoms with Gasteiger partial charge in [0.1, 0.15) is 11.6 Å². The number of fused-ring (bicyclic) bond motifs is 1. The highest BCUT2D eigenvalue weighted by Crippen LogP contribution is 2.26. The smallest absolute Gasteiger partial charge is 0.191 e. The fourth-order valence-corrected chi connectivity index (χ4v) is 3.47. The number of aryl methyl sites for hydroxylation is 1. The molecule has 0 unspecified atom stereocenters. The molecular formula is C15H15FN4S. The quantitative estimate of drug-likeness (QED) is 0.816. The Balaban J connectivity index is 1.78. The number of hydrogen-bond acceptors (Lipinski definition) is 4. The van der Waals surface area contributed by atoms with Crippen molar-refractivity contribution >= 4 is 11.8 Å². The van der Waals surface area contributed by atoms with E-state index < -0.39 is 0 Å². The zero-order valence-electron chi connectivity index (χ0n) is 11.5. The van der Waals surface area contributed by atoms with E-state index in [4.69, 9.17) is 5.26 Å². The fourth-order valence-electron chi connectivity index (χ4n) is 2.50. The zero-order chi connectivity index (χ0) is 14.7. The first kappa shape index (κ1) is 14.1. The lowest BCUT2D eigenvalue weighted by atomic mass is 10.1. The predicted octanol–water partition coefficient (Wildman–Crippen LogP) is 3.31. The summed E-state index contributed by atoms with van der Waals surface area (Å²) in [5, 5.41) is 18.4. The second kappa shape index (κ2) is 6.27. The lowest BCUT2D eigenvalue weighted by molar-refractivity contribution is 0.591. The maximum atomic E-state index is 13.3. The lowest BCUT2D eigenvalue weighted by Gasteiger charge is -2.07. The Hall–Kier alpha value is -1.87. The topological polar surface area (TPSA) is 54.5 Å². The molecule has 6 heteroatoms. The molecule has 3 rings (SSSR count). The van der Waals surface area contributed by atoms with Crippen LogP contribution in [0.4, 0.5) is 4.39 Å². The monoisotopic (exact) mass is 302 g/mol. The van der Waals surface area contributed by atoms with Crippen LogP contribution >= 0.6 is 11.8 Å². The first-order valence-corrected chi connectivity index (χ1v) is 8.00. The maximum Gasteiger partial charge on any atom is 0.191 e. The van der Waals surface area contributed by atoms with E-state index in [-0.39, 0.29) is 5.82 Å². The van der Waals surface area contributed by atoms with Crippen LogP contribution < -0.4 is 0 Å². The van der Waals surface area contributed by atoms with E-state index in [1.807, 2.05) is 0 Å². The largest absolute Gasteiger partial charge is 0.306 e. The second-order valence-corrected chi connectivity index (χ2v) is 6.01. The van der Waals surface area contributed by atoms with Crippen molar-refractivity contribution in [3.8, 4) is 6.07 Å². The van der Waals surface area contributed by atoms with Crippen molar-refractivity contribution < 1.29 is 4.39 Å². The van der Waals surface area contributed by atoms with Gasteiger partial charge in [0.15, 0.2) is 5.16 Å². The van der Waals surface area contributed by atoms with E-state index in [9.17, 15) is 4.39 Å². The summed E-state index contributed by atoms with van der Waals surface area (Å²) in [4.78, 5) is 0. The summed E-state index contributed by atoms with van der Waals surface area (Å²) in [7, 11) is 0. The van der Waals surface area contributed by atoms with Gasteiger partial charge in [0.05, 0.1) is 11.6 Å². The van der Waals surface area contributed by atoms with Gasteiger partial charge in [-0.05, 0) is 36.6 Å². The standard InChI is InChI=1S/C15H15FN4S/c16-13-6-5-11(9-17)12(8-13)10-21-15-19-18-14-4-2-1-3-7-20(14)15/h5-6,8H,1-4,7,10H2. The molecule has 21 heavy (non-hydrogen) atoms. The molecular weight excluding hydrogens is 287 g/mol. The Morgan fingerprint density at radius 2 is 2.19 bits per heavy atom. The third-order valence-corrected chi connectivity index (χ3v) is 4.64. The number of nitrogens with zero attached hydrogens (tertiary/aromatic N) is 4.